The maximum atomic E-state index is 10.3. The molecule has 0 aliphatic carbocycles. The third-order valence-corrected chi connectivity index (χ3v) is 1.10. The van der Waals surface area contributed by atoms with Gasteiger partial charge in [-0.2, -0.15) is 0 Å². The Bertz CT molecular complexity index is 96.6. The molecule has 1 amide bonds. The normalized spacial score (nSPS) is 21.5. The molecule has 45 valence electrons. The summed E-state index contributed by atoms with van der Waals surface area (Å²) in [7, 11) is 0. The molecular weight excluding hydrogens is 106 g/mol. The minimum Gasteiger partial charge on any atom is -0.367 e. The SMILES string of the molecule is NC(=O)[C]1CCCO1. The summed E-state index contributed by atoms with van der Waals surface area (Å²) in [5.41, 5.74) is 4.90. The van der Waals surface area contributed by atoms with Gasteiger partial charge in [0.15, 0.2) is 6.10 Å². The molecule has 0 spiro atoms. The number of hydrogen-bond donors (Lipinski definition) is 1. The first-order valence-electron chi connectivity index (χ1n) is 2.59. The topological polar surface area (TPSA) is 52.3 Å². The molecule has 0 aromatic heterocycles. The zero-order valence-electron chi connectivity index (χ0n) is 4.52. The van der Waals surface area contributed by atoms with Crippen molar-refractivity contribution in [3.05, 3.63) is 6.10 Å². The second kappa shape index (κ2) is 2.13. The lowest BCUT2D eigenvalue weighted by atomic mass is 10.2. The minimum atomic E-state index is -0.414. The van der Waals surface area contributed by atoms with Crippen LogP contribution in [0.2, 0.25) is 0 Å². The Morgan fingerprint density at radius 2 is 2.50 bits per heavy atom. The Morgan fingerprint density at radius 1 is 1.75 bits per heavy atom. The Labute approximate surface area is 47.8 Å². The lowest BCUT2D eigenvalue weighted by Gasteiger charge is -1.98. The molecule has 1 radical (unpaired) electrons. The monoisotopic (exact) mass is 114 g/mol. The highest BCUT2D eigenvalue weighted by Gasteiger charge is 2.21. The summed E-state index contributed by atoms with van der Waals surface area (Å²) >= 11 is 0. The molecule has 0 atom stereocenters. The van der Waals surface area contributed by atoms with Crippen molar-refractivity contribution in [3.8, 4) is 0 Å². The second-order valence-corrected chi connectivity index (χ2v) is 1.74. The van der Waals surface area contributed by atoms with Gasteiger partial charge in [0.05, 0.1) is 0 Å². The van der Waals surface area contributed by atoms with Gasteiger partial charge in [0.2, 0.25) is 0 Å². The van der Waals surface area contributed by atoms with Gasteiger partial charge in [0.1, 0.15) is 0 Å². The molecule has 3 heteroatoms. The van der Waals surface area contributed by atoms with E-state index >= 15 is 0 Å². The smallest absolute Gasteiger partial charge is 0.253 e. The molecule has 0 aromatic carbocycles. The lowest BCUT2D eigenvalue weighted by molar-refractivity contribution is -0.120. The lowest BCUT2D eigenvalue weighted by Crippen LogP contribution is -2.19. The number of carbonyl (C=O) groups excluding carboxylic acids is 1. The van der Waals surface area contributed by atoms with Crippen LogP contribution >= 0.6 is 0 Å². The van der Waals surface area contributed by atoms with Crippen molar-refractivity contribution in [2.45, 2.75) is 12.8 Å². The molecule has 0 saturated carbocycles. The molecule has 1 fully saturated rings. The van der Waals surface area contributed by atoms with Crippen molar-refractivity contribution < 1.29 is 9.53 Å². The van der Waals surface area contributed by atoms with E-state index in [0.717, 1.165) is 12.8 Å². The molecule has 0 bridgehead atoms. The molecule has 1 aliphatic heterocycles. The van der Waals surface area contributed by atoms with Crippen molar-refractivity contribution in [2.24, 2.45) is 5.73 Å². The fourth-order valence-electron chi connectivity index (χ4n) is 0.695. The number of nitrogens with two attached hydrogens (primary N) is 1. The van der Waals surface area contributed by atoms with Crippen LogP contribution in [-0.2, 0) is 9.53 Å². The number of rotatable bonds is 1. The van der Waals surface area contributed by atoms with Gasteiger partial charge < -0.3 is 10.5 Å². The summed E-state index contributed by atoms with van der Waals surface area (Å²) in [5, 5.41) is 0. The van der Waals surface area contributed by atoms with Crippen LogP contribution in [0.25, 0.3) is 0 Å². The highest BCUT2D eigenvalue weighted by atomic mass is 16.5. The van der Waals surface area contributed by atoms with E-state index in [0.29, 0.717) is 12.7 Å². The maximum Gasteiger partial charge on any atom is 0.253 e. The van der Waals surface area contributed by atoms with Crippen molar-refractivity contribution in [3.63, 3.8) is 0 Å². The Balaban J connectivity index is 2.35. The average molecular weight is 114 g/mol. The summed E-state index contributed by atoms with van der Waals surface area (Å²) in [4.78, 5) is 10.3. The average Bonchev–Trinajstić information content (AvgIpc) is 2.12. The van der Waals surface area contributed by atoms with E-state index in [4.69, 9.17) is 10.5 Å². The van der Waals surface area contributed by atoms with E-state index in [1.807, 2.05) is 0 Å². The predicted molar refractivity (Wildman–Crippen MR) is 27.6 cm³/mol. The van der Waals surface area contributed by atoms with Crippen LogP contribution in [-0.4, -0.2) is 12.5 Å². The van der Waals surface area contributed by atoms with Crippen molar-refractivity contribution in [1.82, 2.24) is 0 Å². The van der Waals surface area contributed by atoms with Gasteiger partial charge in [-0.3, -0.25) is 4.79 Å². The highest BCUT2D eigenvalue weighted by molar-refractivity contribution is 5.86. The van der Waals surface area contributed by atoms with Crippen molar-refractivity contribution in [1.29, 1.82) is 0 Å². The summed E-state index contributed by atoms with van der Waals surface area (Å²) in [5.74, 6) is -0.414. The van der Waals surface area contributed by atoms with Gasteiger partial charge >= 0.3 is 0 Å². The first-order chi connectivity index (χ1) is 3.80. The van der Waals surface area contributed by atoms with Crippen LogP contribution in [0.1, 0.15) is 12.8 Å². The molecule has 8 heavy (non-hydrogen) atoms. The zero-order valence-corrected chi connectivity index (χ0v) is 4.52. The fourth-order valence-corrected chi connectivity index (χ4v) is 0.695. The second-order valence-electron chi connectivity index (χ2n) is 1.74. The largest absolute Gasteiger partial charge is 0.367 e. The van der Waals surface area contributed by atoms with E-state index in [1.165, 1.54) is 0 Å². The Morgan fingerprint density at radius 3 is 2.75 bits per heavy atom. The summed E-state index contributed by atoms with van der Waals surface area (Å²) < 4.78 is 4.86. The van der Waals surface area contributed by atoms with Gasteiger partial charge in [-0.15, -0.1) is 0 Å². The molecule has 2 N–H and O–H groups in total. The van der Waals surface area contributed by atoms with Crippen LogP contribution in [0, 0.1) is 6.10 Å². The minimum absolute atomic E-state index is 0.414. The van der Waals surface area contributed by atoms with E-state index in [2.05, 4.69) is 0 Å². The number of amides is 1. The molecule has 1 saturated heterocycles. The Hall–Kier alpha value is -0.570. The number of primary amides is 1. The van der Waals surface area contributed by atoms with Gasteiger partial charge in [-0.25, -0.2) is 0 Å². The van der Waals surface area contributed by atoms with Gasteiger partial charge in [0, 0.05) is 6.61 Å². The molecule has 1 rings (SSSR count). The van der Waals surface area contributed by atoms with Crippen LogP contribution in [0.3, 0.4) is 0 Å². The summed E-state index contributed by atoms with van der Waals surface area (Å²) in [6.45, 7) is 0.651. The van der Waals surface area contributed by atoms with E-state index in [1.54, 1.807) is 0 Å². The third kappa shape index (κ3) is 0.980. The van der Waals surface area contributed by atoms with Crippen LogP contribution in [0.5, 0.6) is 0 Å². The molecule has 1 heterocycles. The summed E-state index contributed by atoms with van der Waals surface area (Å²) in [6, 6.07) is 0. The van der Waals surface area contributed by atoms with Gasteiger partial charge in [-0.1, -0.05) is 0 Å². The number of hydrogen-bond acceptors (Lipinski definition) is 2. The maximum absolute atomic E-state index is 10.3. The fraction of sp³-hybridized carbons (Fsp3) is 0.600. The third-order valence-electron chi connectivity index (χ3n) is 1.10. The van der Waals surface area contributed by atoms with Crippen LogP contribution < -0.4 is 5.73 Å². The Kier molecular flexibility index (Phi) is 1.48. The zero-order chi connectivity index (χ0) is 5.98. The van der Waals surface area contributed by atoms with Crippen LogP contribution in [0.4, 0.5) is 0 Å². The first kappa shape index (κ1) is 5.56. The highest BCUT2D eigenvalue weighted by Crippen LogP contribution is 2.17. The molecule has 0 unspecified atom stereocenters. The molecule has 0 aromatic rings. The van der Waals surface area contributed by atoms with E-state index in [9.17, 15) is 4.79 Å². The molecule has 3 nitrogen and oxygen atoms in total. The quantitative estimate of drug-likeness (QED) is 0.513. The summed E-state index contributed by atoms with van der Waals surface area (Å²) in [6.07, 6.45) is 2.08. The number of ether oxygens (including phenoxy) is 1. The molecule has 1 aliphatic rings. The van der Waals surface area contributed by atoms with Gasteiger partial charge in [0.25, 0.3) is 5.91 Å². The van der Waals surface area contributed by atoms with E-state index in [-0.39, 0.29) is 0 Å². The first-order valence-corrected chi connectivity index (χ1v) is 2.59. The van der Waals surface area contributed by atoms with Gasteiger partial charge in [-0.05, 0) is 12.8 Å². The van der Waals surface area contributed by atoms with Crippen molar-refractivity contribution in [2.75, 3.05) is 6.61 Å². The standard InChI is InChI=1S/C5H8NO2/c6-5(7)4-2-1-3-8-4/h1-3H2,(H2,6,7). The van der Waals surface area contributed by atoms with E-state index < -0.39 is 5.91 Å². The predicted octanol–water partition coefficient (Wildman–Crippen LogP) is -0.186. The molecular formula is C5H8NO2. The van der Waals surface area contributed by atoms with Crippen LogP contribution in [0.15, 0.2) is 0 Å². The number of carbonyl (C=O) groups is 1. The van der Waals surface area contributed by atoms with Crippen molar-refractivity contribution >= 4 is 5.91 Å².